The summed E-state index contributed by atoms with van der Waals surface area (Å²) in [6, 6.07) is 13.1. The van der Waals surface area contributed by atoms with Gasteiger partial charge in [-0.1, -0.05) is 6.07 Å². The number of nitrogens with zero attached hydrogens (tertiary/aromatic N) is 2. The largest absolute Gasteiger partial charge is 0.377 e. The first-order valence-electron chi connectivity index (χ1n) is 8.39. The second-order valence-corrected chi connectivity index (χ2v) is 7.15. The number of thiophene rings is 1. The average molecular weight is 355 g/mol. The highest BCUT2D eigenvalue weighted by molar-refractivity contribution is 7.09. The van der Waals surface area contributed by atoms with Gasteiger partial charge >= 0.3 is 0 Å². The minimum atomic E-state index is -0.0562. The van der Waals surface area contributed by atoms with E-state index in [0.717, 1.165) is 32.5 Å². The van der Waals surface area contributed by atoms with Crippen molar-refractivity contribution in [2.75, 3.05) is 25.0 Å². The predicted octanol–water partition coefficient (Wildman–Crippen LogP) is 3.24. The summed E-state index contributed by atoms with van der Waals surface area (Å²) in [5, 5.41) is 13.8. The van der Waals surface area contributed by atoms with E-state index in [4.69, 9.17) is 10.00 Å². The third-order valence-corrected chi connectivity index (χ3v) is 4.97. The van der Waals surface area contributed by atoms with Crippen LogP contribution in [0.25, 0.3) is 0 Å². The van der Waals surface area contributed by atoms with Crippen molar-refractivity contribution in [2.24, 2.45) is 0 Å². The lowest BCUT2D eigenvalue weighted by molar-refractivity contribution is -0.117. The molecule has 0 aliphatic carbocycles. The maximum Gasteiger partial charge on any atom is 0.238 e. The minimum Gasteiger partial charge on any atom is -0.377 e. The third-order valence-electron chi connectivity index (χ3n) is 4.11. The highest BCUT2D eigenvalue weighted by Gasteiger charge is 2.21. The Balaban J connectivity index is 1.59. The first-order chi connectivity index (χ1) is 12.2. The first-order valence-corrected chi connectivity index (χ1v) is 9.27. The molecule has 1 fully saturated rings. The van der Waals surface area contributed by atoms with Crippen LogP contribution in [0.4, 0.5) is 5.69 Å². The second-order valence-electron chi connectivity index (χ2n) is 6.12. The Morgan fingerprint density at radius 3 is 2.84 bits per heavy atom. The van der Waals surface area contributed by atoms with Crippen molar-refractivity contribution < 1.29 is 9.53 Å². The van der Waals surface area contributed by atoms with Gasteiger partial charge in [0, 0.05) is 30.3 Å². The fourth-order valence-corrected chi connectivity index (χ4v) is 3.66. The van der Waals surface area contributed by atoms with E-state index in [1.165, 1.54) is 4.88 Å². The van der Waals surface area contributed by atoms with Gasteiger partial charge in [0.15, 0.2) is 0 Å². The zero-order valence-electron chi connectivity index (χ0n) is 14.0. The summed E-state index contributed by atoms with van der Waals surface area (Å²) in [5.74, 6) is -0.0562. The number of anilines is 1. The average Bonchev–Trinajstić information content (AvgIpc) is 3.29. The van der Waals surface area contributed by atoms with E-state index in [2.05, 4.69) is 27.7 Å². The van der Waals surface area contributed by atoms with Gasteiger partial charge in [0.05, 0.1) is 24.3 Å². The molecule has 130 valence electrons. The summed E-state index contributed by atoms with van der Waals surface area (Å²) >= 11 is 1.70. The van der Waals surface area contributed by atoms with Crippen molar-refractivity contribution in [1.29, 1.82) is 5.26 Å². The van der Waals surface area contributed by atoms with Gasteiger partial charge < -0.3 is 10.1 Å². The Kier molecular flexibility index (Phi) is 6.18. The summed E-state index contributed by atoms with van der Waals surface area (Å²) in [4.78, 5) is 15.8. The van der Waals surface area contributed by atoms with Crippen molar-refractivity contribution >= 4 is 22.9 Å². The summed E-state index contributed by atoms with van der Waals surface area (Å²) in [6.45, 7) is 2.64. The van der Waals surface area contributed by atoms with Gasteiger partial charge in [-0.15, -0.1) is 11.3 Å². The molecule has 0 saturated carbocycles. The van der Waals surface area contributed by atoms with Gasteiger partial charge in [-0.05, 0) is 48.6 Å². The molecule has 3 rings (SSSR count). The van der Waals surface area contributed by atoms with Crippen LogP contribution in [0.3, 0.4) is 0 Å². The number of hydrogen-bond acceptors (Lipinski definition) is 5. The van der Waals surface area contributed by atoms with Gasteiger partial charge in [-0.25, -0.2) is 0 Å². The number of nitrogens with one attached hydrogen (secondary N) is 1. The highest BCUT2D eigenvalue weighted by Crippen LogP contribution is 2.17. The predicted molar refractivity (Wildman–Crippen MR) is 98.4 cm³/mol. The van der Waals surface area contributed by atoms with Crippen LogP contribution in [0.5, 0.6) is 0 Å². The lowest BCUT2D eigenvalue weighted by atomic mass is 10.2. The van der Waals surface area contributed by atoms with Gasteiger partial charge in [-0.3, -0.25) is 9.69 Å². The molecule has 6 heteroatoms. The molecule has 1 aromatic carbocycles. The van der Waals surface area contributed by atoms with E-state index < -0.39 is 0 Å². The minimum absolute atomic E-state index is 0.0562. The molecule has 1 amide bonds. The number of benzene rings is 1. The highest BCUT2D eigenvalue weighted by atomic mass is 32.1. The standard InChI is InChI=1S/C19H21N3O2S/c20-11-15-5-7-16(8-6-15)21-19(23)14-22(12-17-3-1-9-24-17)13-18-4-2-10-25-18/h2,4-8,10,17H,1,3,9,12-14H2,(H,21,23). The lowest BCUT2D eigenvalue weighted by Crippen LogP contribution is -2.37. The number of nitriles is 1. The van der Waals surface area contributed by atoms with Crippen LogP contribution in [0, 0.1) is 11.3 Å². The van der Waals surface area contributed by atoms with Gasteiger partial charge in [-0.2, -0.15) is 5.26 Å². The SMILES string of the molecule is N#Cc1ccc(NC(=O)CN(Cc2cccs2)CC2CCCO2)cc1. The Morgan fingerprint density at radius 2 is 2.20 bits per heavy atom. The molecule has 1 aromatic heterocycles. The zero-order valence-corrected chi connectivity index (χ0v) is 14.8. The van der Waals surface area contributed by atoms with Crippen molar-refractivity contribution in [3.63, 3.8) is 0 Å². The number of hydrogen-bond donors (Lipinski definition) is 1. The fraction of sp³-hybridized carbons (Fsp3) is 0.368. The summed E-state index contributed by atoms with van der Waals surface area (Å²) < 4.78 is 5.73. The number of carbonyl (C=O) groups excluding carboxylic acids is 1. The van der Waals surface area contributed by atoms with Crippen LogP contribution in [-0.2, 0) is 16.1 Å². The zero-order chi connectivity index (χ0) is 17.5. The van der Waals surface area contributed by atoms with Gasteiger partial charge in [0.1, 0.15) is 0 Å². The number of ether oxygens (including phenoxy) is 1. The topological polar surface area (TPSA) is 65.4 Å². The normalized spacial score (nSPS) is 16.7. The van der Waals surface area contributed by atoms with Crippen molar-refractivity contribution in [1.82, 2.24) is 4.90 Å². The van der Waals surface area contributed by atoms with E-state index >= 15 is 0 Å². The van der Waals surface area contributed by atoms with Crippen molar-refractivity contribution in [3.8, 4) is 6.07 Å². The number of amides is 1. The van der Waals surface area contributed by atoms with Crippen LogP contribution < -0.4 is 5.32 Å². The monoisotopic (exact) mass is 355 g/mol. The van der Waals surface area contributed by atoms with Crippen molar-refractivity contribution in [3.05, 3.63) is 52.2 Å². The second kappa shape index (κ2) is 8.77. The molecule has 1 aliphatic rings. The van der Waals surface area contributed by atoms with Crippen LogP contribution in [0.2, 0.25) is 0 Å². The lowest BCUT2D eigenvalue weighted by Gasteiger charge is -2.24. The molecular formula is C19H21N3O2S. The van der Waals surface area contributed by atoms with Gasteiger partial charge in [0.2, 0.25) is 5.91 Å². The number of rotatable bonds is 7. The molecule has 1 atom stereocenters. The number of carbonyl (C=O) groups is 1. The van der Waals surface area contributed by atoms with Crippen LogP contribution in [0.1, 0.15) is 23.3 Å². The molecule has 2 aromatic rings. The van der Waals surface area contributed by atoms with Gasteiger partial charge in [0.25, 0.3) is 0 Å². The van der Waals surface area contributed by atoms with E-state index in [9.17, 15) is 4.79 Å². The summed E-state index contributed by atoms with van der Waals surface area (Å²) in [7, 11) is 0. The van der Waals surface area contributed by atoms with E-state index in [0.29, 0.717) is 17.8 Å². The molecule has 0 radical (unpaired) electrons. The molecule has 1 saturated heterocycles. The van der Waals surface area contributed by atoms with Crippen LogP contribution in [0.15, 0.2) is 41.8 Å². The smallest absolute Gasteiger partial charge is 0.238 e. The summed E-state index contributed by atoms with van der Waals surface area (Å²) in [5.41, 5.74) is 1.29. The Morgan fingerprint density at radius 1 is 1.36 bits per heavy atom. The Hall–Kier alpha value is -2.20. The maximum absolute atomic E-state index is 12.4. The fourth-order valence-electron chi connectivity index (χ4n) is 2.92. The van der Waals surface area contributed by atoms with Crippen LogP contribution in [-0.4, -0.2) is 36.6 Å². The van der Waals surface area contributed by atoms with E-state index in [-0.39, 0.29) is 12.0 Å². The molecule has 25 heavy (non-hydrogen) atoms. The molecule has 1 aliphatic heterocycles. The third kappa shape index (κ3) is 5.40. The molecule has 0 spiro atoms. The first kappa shape index (κ1) is 17.6. The van der Waals surface area contributed by atoms with E-state index in [1.807, 2.05) is 6.07 Å². The van der Waals surface area contributed by atoms with Crippen LogP contribution >= 0.6 is 11.3 Å². The van der Waals surface area contributed by atoms with Crippen molar-refractivity contribution in [2.45, 2.75) is 25.5 Å². The van der Waals surface area contributed by atoms with E-state index in [1.54, 1.807) is 35.6 Å². The molecule has 1 unspecified atom stereocenters. The summed E-state index contributed by atoms with van der Waals surface area (Å²) in [6.07, 6.45) is 2.36. The Bertz CT molecular complexity index is 716. The maximum atomic E-state index is 12.4. The molecule has 1 N–H and O–H groups in total. The quantitative estimate of drug-likeness (QED) is 0.828. The molecule has 2 heterocycles. The molecular weight excluding hydrogens is 334 g/mol. The Labute approximate surface area is 151 Å². The molecule has 0 bridgehead atoms. The molecule has 5 nitrogen and oxygen atoms in total.